The molecule has 0 radical (unpaired) electrons. The lowest BCUT2D eigenvalue weighted by Gasteiger charge is -2.34. The highest BCUT2D eigenvalue weighted by atomic mass is 32.2. The van der Waals surface area contributed by atoms with Gasteiger partial charge in [0, 0.05) is 25.1 Å². The van der Waals surface area contributed by atoms with Crippen LogP contribution in [0.25, 0.3) is 0 Å². The third kappa shape index (κ3) is 8.10. The Bertz CT molecular complexity index is 1460. The fourth-order valence-corrected chi connectivity index (χ4v) is 7.67. The monoisotopic (exact) mass is 643 g/mol. The van der Waals surface area contributed by atoms with Crippen molar-refractivity contribution in [3.8, 4) is 11.5 Å². The number of benzene rings is 2. The molecule has 4 rings (SSSR count). The fourth-order valence-electron chi connectivity index (χ4n) is 5.96. The van der Waals surface area contributed by atoms with Gasteiger partial charge in [-0.25, -0.2) is 13.2 Å². The molecule has 10 nitrogen and oxygen atoms in total. The molecule has 2 aromatic rings. The van der Waals surface area contributed by atoms with E-state index < -0.39 is 33.3 Å². The summed E-state index contributed by atoms with van der Waals surface area (Å²) < 4.78 is 46.0. The molecule has 3 unspecified atom stereocenters. The van der Waals surface area contributed by atoms with Gasteiger partial charge in [-0.05, 0) is 62.6 Å². The Kier molecular flexibility index (Phi) is 10.4. The van der Waals surface area contributed by atoms with Crippen molar-refractivity contribution in [3.63, 3.8) is 0 Å². The summed E-state index contributed by atoms with van der Waals surface area (Å²) >= 11 is 0. The van der Waals surface area contributed by atoms with Crippen LogP contribution >= 0.6 is 0 Å². The molecule has 1 fully saturated rings. The molecule has 45 heavy (non-hydrogen) atoms. The summed E-state index contributed by atoms with van der Waals surface area (Å²) in [6.07, 6.45) is 0.649. The molecule has 248 valence electrons. The van der Waals surface area contributed by atoms with Crippen molar-refractivity contribution in [1.29, 1.82) is 0 Å². The fraction of sp³-hybridized carbons (Fsp3) is 0.588. The molecule has 1 saturated carbocycles. The van der Waals surface area contributed by atoms with Crippen LogP contribution in [0.15, 0.2) is 53.4 Å². The van der Waals surface area contributed by atoms with Gasteiger partial charge in [0.25, 0.3) is 0 Å². The number of carbonyl (C=O) groups excluding carboxylic acids is 2. The SMILES string of the molecule is CCC(C)[C@H](NC(=O)OC(C)(C)C)C(=O)NC1([C@H](C)CN(CC(C)C)S(=O)(=O)c2ccc3c(c2)OCO3)CC1c1ccccc1. The molecule has 2 aliphatic rings. The predicted octanol–water partition coefficient (Wildman–Crippen LogP) is 5.68. The molecular weight excluding hydrogens is 594 g/mol. The standard InChI is InChI=1S/C34H49N3O7S/c1-9-23(4)30(35-32(39)44-33(6,7)8)31(38)36-34(18-27(34)25-13-11-10-12-14-25)24(5)20-37(19-22(2)3)45(40,41)26-15-16-28-29(17-26)43-21-42-28/h10-17,22-24,27,30H,9,18-21H2,1-8H3,(H,35,39)(H,36,38)/t23?,24-,27?,30+,34?/m1/s1. The van der Waals surface area contributed by atoms with Crippen LogP contribution in [0.4, 0.5) is 4.79 Å². The highest BCUT2D eigenvalue weighted by Crippen LogP contribution is 2.56. The predicted molar refractivity (Wildman–Crippen MR) is 173 cm³/mol. The minimum atomic E-state index is -3.91. The van der Waals surface area contributed by atoms with Crippen molar-refractivity contribution in [2.45, 2.75) is 96.2 Å². The smallest absolute Gasteiger partial charge is 0.408 e. The maximum absolute atomic E-state index is 14.1. The number of nitrogens with one attached hydrogen (secondary N) is 2. The maximum atomic E-state index is 14.1. The molecule has 1 aliphatic heterocycles. The van der Waals surface area contributed by atoms with Crippen LogP contribution in [-0.4, -0.2) is 61.8 Å². The van der Waals surface area contributed by atoms with Crippen LogP contribution in [0.1, 0.15) is 79.7 Å². The number of hydrogen-bond acceptors (Lipinski definition) is 7. The number of amides is 2. The van der Waals surface area contributed by atoms with Crippen molar-refractivity contribution in [2.24, 2.45) is 17.8 Å². The Morgan fingerprint density at radius 2 is 1.69 bits per heavy atom. The van der Waals surface area contributed by atoms with E-state index in [0.29, 0.717) is 30.9 Å². The van der Waals surface area contributed by atoms with Crippen LogP contribution in [0.2, 0.25) is 0 Å². The third-order valence-electron chi connectivity index (χ3n) is 8.64. The number of alkyl carbamates (subject to hydrolysis) is 1. The summed E-state index contributed by atoms with van der Waals surface area (Å²) in [5, 5.41) is 6.12. The maximum Gasteiger partial charge on any atom is 0.408 e. The first-order valence-corrected chi connectivity index (χ1v) is 17.3. The Morgan fingerprint density at radius 1 is 1.02 bits per heavy atom. The molecule has 2 amide bonds. The van der Waals surface area contributed by atoms with Gasteiger partial charge in [0.2, 0.25) is 22.7 Å². The van der Waals surface area contributed by atoms with Crippen molar-refractivity contribution in [2.75, 3.05) is 19.9 Å². The largest absolute Gasteiger partial charge is 0.454 e. The lowest BCUT2D eigenvalue weighted by Crippen LogP contribution is -2.56. The summed E-state index contributed by atoms with van der Waals surface area (Å²) in [6, 6.07) is 13.8. The molecule has 2 aromatic carbocycles. The topological polar surface area (TPSA) is 123 Å². The summed E-state index contributed by atoms with van der Waals surface area (Å²) in [5.74, 6) is 0.205. The molecule has 2 N–H and O–H groups in total. The van der Waals surface area contributed by atoms with E-state index in [1.54, 1.807) is 32.9 Å². The van der Waals surface area contributed by atoms with Gasteiger partial charge < -0.3 is 24.8 Å². The highest BCUT2D eigenvalue weighted by Gasteiger charge is 2.60. The summed E-state index contributed by atoms with van der Waals surface area (Å²) in [7, 11) is -3.91. The van der Waals surface area contributed by atoms with E-state index in [2.05, 4.69) is 10.6 Å². The van der Waals surface area contributed by atoms with E-state index in [1.807, 2.05) is 65.0 Å². The summed E-state index contributed by atoms with van der Waals surface area (Å²) in [6.45, 7) is 15.7. The van der Waals surface area contributed by atoms with Crippen molar-refractivity contribution < 1.29 is 32.2 Å². The molecule has 0 bridgehead atoms. The third-order valence-corrected chi connectivity index (χ3v) is 10.5. The zero-order valence-corrected chi connectivity index (χ0v) is 28.6. The van der Waals surface area contributed by atoms with Crippen LogP contribution in [0.3, 0.4) is 0 Å². The van der Waals surface area contributed by atoms with Crippen LogP contribution in [-0.2, 0) is 19.6 Å². The first kappa shape index (κ1) is 34.6. The Hall–Kier alpha value is -3.31. The number of sulfonamides is 1. The average molecular weight is 644 g/mol. The first-order valence-electron chi connectivity index (χ1n) is 15.8. The van der Waals surface area contributed by atoms with Gasteiger partial charge in [0.05, 0.1) is 10.4 Å². The molecule has 11 heteroatoms. The van der Waals surface area contributed by atoms with E-state index in [1.165, 1.54) is 10.4 Å². The second-order valence-corrected chi connectivity index (χ2v) is 15.8. The minimum Gasteiger partial charge on any atom is -0.454 e. The first-order chi connectivity index (χ1) is 21.1. The van der Waals surface area contributed by atoms with Crippen molar-refractivity contribution >= 4 is 22.0 Å². The lowest BCUT2D eigenvalue weighted by molar-refractivity contribution is -0.125. The number of fused-ring (bicyclic) bond motifs is 1. The van der Waals surface area contributed by atoms with Gasteiger partial charge >= 0.3 is 6.09 Å². The van der Waals surface area contributed by atoms with Crippen LogP contribution in [0, 0.1) is 17.8 Å². The number of ether oxygens (including phenoxy) is 3. The van der Waals surface area contributed by atoms with E-state index in [-0.39, 0.29) is 47.8 Å². The second kappa shape index (κ2) is 13.6. The molecule has 1 heterocycles. The zero-order valence-electron chi connectivity index (χ0n) is 27.8. The van der Waals surface area contributed by atoms with Crippen LogP contribution < -0.4 is 20.1 Å². The van der Waals surface area contributed by atoms with Crippen LogP contribution in [0.5, 0.6) is 11.5 Å². The normalized spacial score (nSPS) is 21.2. The molecule has 1 aliphatic carbocycles. The Labute approximate surface area is 268 Å². The van der Waals surface area contributed by atoms with E-state index in [4.69, 9.17) is 14.2 Å². The van der Waals surface area contributed by atoms with Crippen molar-refractivity contribution in [1.82, 2.24) is 14.9 Å². The molecule has 0 spiro atoms. The quantitative estimate of drug-likeness (QED) is 0.288. The lowest BCUT2D eigenvalue weighted by atomic mass is 9.91. The van der Waals surface area contributed by atoms with E-state index in [9.17, 15) is 18.0 Å². The van der Waals surface area contributed by atoms with Gasteiger partial charge in [-0.15, -0.1) is 0 Å². The molecule has 0 aromatic heterocycles. The highest BCUT2D eigenvalue weighted by molar-refractivity contribution is 7.89. The number of rotatable bonds is 13. The Morgan fingerprint density at radius 3 is 2.31 bits per heavy atom. The second-order valence-electron chi connectivity index (χ2n) is 13.8. The number of carbonyl (C=O) groups is 2. The molecular formula is C34H49N3O7S. The summed E-state index contributed by atoms with van der Waals surface area (Å²) in [4.78, 5) is 26.9. The van der Waals surface area contributed by atoms with Gasteiger partial charge in [-0.3, -0.25) is 4.79 Å². The van der Waals surface area contributed by atoms with E-state index in [0.717, 1.165) is 5.56 Å². The Balaban J connectivity index is 1.64. The van der Waals surface area contributed by atoms with E-state index >= 15 is 0 Å². The van der Waals surface area contributed by atoms with Gasteiger partial charge in [0.1, 0.15) is 11.6 Å². The summed E-state index contributed by atoms with van der Waals surface area (Å²) in [5.41, 5.74) is -0.368. The van der Waals surface area contributed by atoms with Gasteiger partial charge in [-0.1, -0.05) is 71.4 Å². The number of nitrogens with zero attached hydrogens (tertiary/aromatic N) is 1. The molecule has 5 atom stereocenters. The van der Waals surface area contributed by atoms with Gasteiger partial charge in [0.15, 0.2) is 11.5 Å². The van der Waals surface area contributed by atoms with Gasteiger partial charge in [-0.2, -0.15) is 4.31 Å². The molecule has 0 saturated heterocycles. The number of hydrogen-bond donors (Lipinski definition) is 2. The van der Waals surface area contributed by atoms with Crippen molar-refractivity contribution in [3.05, 3.63) is 54.1 Å². The minimum absolute atomic E-state index is 0.0223. The zero-order chi connectivity index (χ0) is 33.2. The average Bonchev–Trinajstić information content (AvgIpc) is 3.50.